The Labute approximate surface area is 217 Å². The number of carbonyl (C=O) groups is 1. The van der Waals surface area contributed by atoms with Crippen LogP contribution in [0, 0.1) is 0 Å². The van der Waals surface area contributed by atoms with E-state index in [1.807, 2.05) is 27.8 Å². The Morgan fingerprint density at radius 3 is 2.64 bits per heavy atom. The number of piperidine rings is 1. The lowest BCUT2D eigenvalue weighted by atomic mass is 9.94. The topological polar surface area (TPSA) is 41.4 Å². The molecule has 0 saturated carbocycles. The molecule has 2 aromatic carbocycles. The lowest BCUT2D eigenvalue weighted by molar-refractivity contribution is 0.0604. The molecule has 0 bridgehead atoms. The third-order valence-corrected chi connectivity index (χ3v) is 8.67. The summed E-state index contributed by atoms with van der Waals surface area (Å²) in [6.07, 6.45) is 5.03. The highest BCUT2D eigenvalue weighted by Crippen LogP contribution is 2.39. The fourth-order valence-corrected chi connectivity index (χ4v) is 6.54. The smallest absolute Gasteiger partial charge is 0.274 e. The Bertz CT molecular complexity index is 1340. The number of benzene rings is 2. The van der Waals surface area contributed by atoms with Crippen molar-refractivity contribution in [3.05, 3.63) is 93.8 Å². The Morgan fingerprint density at radius 2 is 1.83 bits per heavy atom. The number of hydrogen-bond donors (Lipinski definition) is 0. The average molecular weight is 497 g/mol. The zero-order valence-corrected chi connectivity index (χ0v) is 21.6. The van der Waals surface area contributed by atoms with Crippen LogP contribution in [0.15, 0.2) is 72.1 Å². The number of likely N-dealkylation sites (N-methyl/N-ethyl adjacent to an activating group) is 1. The van der Waals surface area contributed by atoms with Gasteiger partial charge >= 0.3 is 0 Å². The van der Waals surface area contributed by atoms with Gasteiger partial charge in [-0.2, -0.15) is 5.10 Å². The summed E-state index contributed by atoms with van der Waals surface area (Å²) in [6, 6.07) is 23.4. The van der Waals surface area contributed by atoms with Crippen LogP contribution in [0.25, 0.3) is 16.9 Å². The second kappa shape index (κ2) is 10.0. The predicted molar refractivity (Wildman–Crippen MR) is 146 cm³/mol. The van der Waals surface area contributed by atoms with Gasteiger partial charge in [0.25, 0.3) is 5.91 Å². The number of rotatable bonds is 6. The van der Waals surface area contributed by atoms with E-state index in [0.717, 1.165) is 68.7 Å². The molecule has 5 nitrogen and oxygen atoms in total. The van der Waals surface area contributed by atoms with E-state index < -0.39 is 0 Å². The second-order valence-corrected chi connectivity index (χ2v) is 10.9. The fraction of sp³-hybridized carbons (Fsp3) is 0.333. The van der Waals surface area contributed by atoms with Crippen LogP contribution in [0.4, 0.5) is 0 Å². The highest BCUT2D eigenvalue weighted by molar-refractivity contribution is 7.10. The van der Waals surface area contributed by atoms with Crippen molar-refractivity contribution in [2.75, 3.05) is 26.7 Å². The van der Waals surface area contributed by atoms with Gasteiger partial charge in [-0.3, -0.25) is 4.79 Å². The number of fused-ring (bicyclic) bond motifs is 3. The lowest BCUT2D eigenvalue weighted by Crippen LogP contribution is -2.49. The third kappa shape index (κ3) is 4.40. The number of aromatic nitrogens is 2. The molecule has 36 heavy (non-hydrogen) atoms. The first-order chi connectivity index (χ1) is 17.7. The van der Waals surface area contributed by atoms with Crippen LogP contribution < -0.4 is 0 Å². The SMILES string of the molecule is CN(CCc1ccccc1)C1CCCN(C(=O)c2nn(-c3ccccc3)c3c2CCc2sccc2-3)C1. The summed E-state index contributed by atoms with van der Waals surface area (Å²) in [5.41, 5.74) is 6.44. The molecule has 1 aliphatic carbocycles. The van der Waals surface area contributed by atoms with Crippen molar-refractivity contribution in [3.63, 3.8) is 0 Å². The summed E-state index contributed by atoms with van der Waals surface area (Å²) < 4.78 is 2.00. The Kier molecular flexibility index (Phi) is 6.46. The fourth-order valence-electron chi connectivity index (χ4n) is 5.66. The van der Waals surface area contributed by atoms with E-state index in [1.54, 1.807) is 11.3 Å². The minimum atomic E-state index is 0.0840. The normalized spacial score (nSPS) is 17.2. The molecule has 1 fully saturated rings. The van der Waals surface area contributed by atoms with Crippen molar-refractivity contribution >= 4 is 17.2 Å². The summed E-state index contributed by atoms with van der Waals surface area (Å²) in [4.78, 5) is 19.8. The van der Waals surface area contributed by atoms with Crippen molar-refractivity contribution in [3.8, 4) is 16.9 Å². The molecular formula is C30H32N4OS. The Hall–Kier alpha value is -3.22. The largest absolute Gasteiger partial charge is 0.336 e. The number of thiophene rings is 1. The standard InChI is InChI=1S/C30H32N4OS/c1-32(19-16-22-9-4-2-5-10-22)24-13-8-18-33(21-24)30(35)28-26-14-15-27-25(17-20-36-27)29(26)34(31-28)23-11-6-3-7-12-23/h2-7,9-12,17,20,24H,8,13-16,18-19,21H2,1H3. The molecule has 4 aromatic rings. The van der Waals surface area contributed by atoms with E-state index in [0.29, 0.717) is 11.7 Å². The van der Waals surface area contributed by atoms with E-state index >= 15 is 0 Å². The number of amides is 1. The summed E-state index contributed by atoms with van der Waals surface area (Å²) in [5.74, 6) is 0.0840. The van der Waals surface area contributed by atoms with Gasteiger partial charge in [0.2, 0.25) is 0 Å². The minimum Gasteiger partial charge on any atom is -0.336 e. The molecule has 1 saturated heterocycles. The molecule has 1 aliphatic heterocycles. The zero-order chi connectivity index (χ0) is 24.5. The maximum atomic E-state index is 13.9. The first kappa shape index (κ1) is 23.2. The van der Waals surface area contributed by atoms with Crippen LogP contribution >= 0.6 is 11.3 Å². The summed E-state index contributed by atoms with van der Waals surface area (Å²) >= 11 is 1.80. The molecule has 1 amide bonds. The van der Waals surface area contributed by atoms with E-state index in [-0.39, 0.29) is 5.91 Å². The van der Waals surface area contributed by atoms with Crippen molar-refractivity contribution in [1.29, 1.82) is 0 Å². The van der Waals surface area contributed by atoms with Crippen molar-refractivity contribution in [2.24, 2.45) is 0 Å². The maximum absolute atomic E-state index is 13.9. The van der Waals surface area contributed by atoms with Crippen molar-refractivity contribution in [2.45, 2.75) is 38.1 Å². The second-order valence-electron chi connectivity index (χ2n) is 9.94. The number of para-hydroxylation sites is 1. The number of carbonyl (C=O) groups excluding carboxylic acids is 1. The molecule has 2 aliphatic rings. The van der Waals surface area contributed by atoms with Crippen LogP contribution in [-0.4, -0.2) is 58.2 Å². The van der Waals surface area contributed by atoms with Crippen LogP contribution in [0.2, 0.25) is 0 Å². The molecule has 0 N–H and O–H groups in total. The first-order valence-electron chi connectivity index (χ1n) is 13.0. The molecule has 0 spiro atoms. The molecule has 2 aromatic heterocycles. The van der Waals surface area contributed by atoms with Crippen LogP contribution in [0.5, 0.6) is 0 Å². The quantitative estimate of drug-likeness (QED) is 0.355. The number of nitrogens with zero attached hydrogens (tertiary/aromatic N) is 4. The number of hydrogen-bond acceptors (Lipinski definition) is 4. The molecule has 1 unspecified atom stereocenters. The van der Waals surface area contributed by atoms with Crippen LogP contribution in [-0.2, 0) is 19.3 Å². The highest BCUT2D eigenvalue weighted by Gasteiger charge is 2.33. The summed E-state index contributed by atoms with van der Waals surface area (Å²) in [6.45, 7) is 2.56. The monoisotopic (exact) mass is 496 g/mol. The summed E-state index contributed by atoms with van der Waals surface area (Å²) in [5, 5.41) is 7.13. The maximum Gasteiger partial charge on any atom is 0.274 e. The number of likely N-dealkylation sites (tertiary alicyclic amines) is 1. The molecule has 0 radical (unpaired) electrons. The minimum absolute atomic E-state index is 0.0840. The first-order valence-corrected chi connectivity index (χ1v) is 13.8. The molecule has 1 atom stereocenters. The van der Waals surface area contributed by atoms with E-state index in [4.69, 9.17) is 5.10 Å². The Balaban J connectivity index is 1.25. The van der Waals surface area contributed by atoms with E-state index in [9.17, 15) is 4.79 Å². The van der Waals surface area contributed by atoms with Gasteiger partial charge in [0, 0.05) is 41.7 Å². The van der Waals surface area contributed by atoms with Gasteiger partial charge in [-0.15, -0.1) is 11.3 Å². The predicted octanol–water partition coefficient (Wildman–Crippen LogP) is 5.48. The van der Waals surface area contributed by atoms with Gasteiger partial charge in [-0.25, -0.2) is 4.68 Å². The zero-order valence-electron chi connectivity index (χ0n) is 20.8. The van der Waals surface area contributed by atoms with Crippen LogP contribution in [0.3, 0.4) is 0 Å². The number of aryl methyl sites for hydroxylation is 1. The van der Waals surface area contributed by atoms with Crippen molar-refractivity contribution in [1.82, 2.24) is 19.6 Å². The molecule has 6 rings (SSSR count). The Morgan fingerprint density at radius 1 is 1.06 bits per heavy atom. The van der Waals surface area contributed by atoms with Gasteiger partial charge in [-0.1, -0.05) is 48.5 Å². The molecular weight excluding hydrogens is 464 g/mol. The van der Waals surface area contributed by atoms with Gasteiger partial charge < -0.3 is 9.80 Å². The lowest BCUT2D eigenvalue weighted by Gasteiger charge is -2.37. The molecule has 3 heterocycles. The average Bonchev–Trinajstić information content (AvgIpc) is 3.57. The molecule has 184 valence electrons. The summed E-state index contributed by atoms with van der Waals surface area (Å²) in [7, 11) is 2.20. The van der Waals surface area contributed by atoms with Gasteiger partial charge in [0.1, 0.15) is 0 Å². The molecule has 6 heteroatoms. The van der Waals surface area contributed by atoms with Gasteiger partial charge in [0.05, 0.1) is 11.4 Å². The van der Waals surface area contributed by atoms with Crippen LogP contribution in [0.1, 0.15) is 39.3 Å². The van der Waals surface area contributed by atoms with E-state index in [1.165, 1.54) is 16.0 Å². The van der Waals surface area contributed by atoms with Gasteiger partial charge in [-0.05, 0) is 68.3 Å². The third-order valence-electron chi connectivity index (χ3n) is 7.69. The van der Waals surface area contributed by atoms with Crippen molar-refractivity contribution < 1.29 is 4.79 Å². The highest BCUT2D eigenvalue weighted by atomic mass is 32.1. The van der Waals surface area contributed by atoms with E-state index in [2.05, 4.69) is 65.9 Å². The van der Waals surface area contributed by atoms with Gasteiger partial charge in [0.15, 0.2) is 5.69 Å².